The van der Waals surface area contributed by atoms with Gasteiger partial charge in [0.1, 0.15) is 0 Å². The van der Waals surface area contributed by atoms with Gasteiger partial charge in [-0.15, -0.1) is 5.10 Å². The molecule has 0 N–H and O–H groups in total. The molecule has 1 rings (SSSR count). The summed E-state index contributed by atoms with van der Waals surface area (Å²) in [7, 11) is 1.58. The van der Waals surface area contributed by atoms with Crippen LogP contribution in [0.3, 0.4) is 0 Å². The highest BCUT2D eigenvalue weighted by Crippen LogP contribution is 2.02. The summed E-state index contributed by atoms with van der Waals surface area (Å²) in [6, 6.07) is 1.77. The van der Waals surface area contributed by atoms with Crippen LogP contribution in [-0.4, -0.2) is 16.9 Å². The fourth-order valence-corrected chi connectivity index (χ4v) is 0.531. The lowest BCUT2D eigenvalue weighted by molar-refractivity contribution is 0.395. The van der Waals surface area contributed by atoms with Crippen LogP contribution in [-0.2, 0) is 0 Å². The molecule has 0 amide bonds. The van der Waals surface area contributed by atoms with Crippen LogP contribution in [0, 0.1) is 0 Å². The Balaban J connectivity index is 2.86. The van der Waals surface area contributed by atoms with Crippen LogP contribution in [0.5, 0.6) is 5.88 Å². The molecule has 1 aromatic heterocycles. The van der Waals surface area contributed by atoms with Crippen molar-refractivity contribution in [2.75, 3.05) is 7.11 Å². The van der Waals surface area contributed by atoms with Gasteiger partial charge in [0.05, 0.1) is 7.11 Å². The molecule has 0 aliphatic carbocycles. The summed E-state index contributed by atoms with van der Waals surface area (Å²) < 4.78 is 6.40. The normalized spacial score (nSPS) is 9.00. The van der Waals surface area contributed by atoms with E-state index in [0.29, 0.717) is 5.88 Å². The molecule has 0 saturated carbocycles. The smallest absolute Gasteiger partial charge is 0.232 e. The van der Waals surface area contributed by atoms with E-state index < -0.39 is 0 Å². The topological polar surface area (TPSA) is 27.1 Å². The van der Waals surface area contributed by atoms with Crippen molar-refractivity contribution in [1.82, 2.24) is 9.78 Å². The van der Waals surface area contributed by atoms with Gasteiger partial charge >= 0.3 is 0 Å². The van der Waals surface area contributed by atoms with Crippen molar-refractivity contribution in [3.05, 3.63) is 18.8 Å². The van der Waals surface area contributed by atoms with Gasteiger partial charge in [0.25, 0.3) is 0 Å². The second-order valence-electron chi connectivity index (χ2n) is 1.52. The predicted molar refractivity (Wildman–Crippen MR) is 35.2 cm³/mol. The number of hydrogen-bond acceptors (Lipinski definition) is 2. The first-order chi connectivity index (χ1) is 4.36. The summed E-state index contributed by atoms with van der Waals surface area (Å²) in [5, 5.41) is 3.92. The van der Waals surface area contributed by atoms with Gasteiger partial charge in [-0.1, -0.05) is 6.58 Å². The predicted octanol–water partition coefficient (Wildman–Crippen LogP) is 0.992. The van der Waals surface area contributed by atoms with Crippen molar-refractivity contribution in [2.24, 2.45) is 0 Å². The van der Waals surface area contributed by atoms with Crippen molar-refractivity contribution in [3.63, 3.8) is 0 Å². The third-order valence-electron chi connectivity index (χ3n) is 0.980. The highest BCUT2D eigenvalue weighted by Gasteiger charge is 1.90. The molecular formula is C6H8N2O. The summed E-state index contributed by atoms with van der Waals surface area (Å²) in [5.41, 5.74) is 0. The van der Waals surface area contributed by atoms with E-state index in [0.717, 1.165) is 0 Å². The average Bonchev–Trinajstić information content (AvgIpc) is 2.34. The number of hydrogen-bond donors (Lipinski definition) is 0. The average molecular weight is 124 g/mol. The molecule has 3 nitrogen and oxygen atoms in total. The minimum Gasteiger partial charge on any atom is -0.480 e. The number of methoxy groups -OCH3 is 1. The van der Waals surface area contributed by atoms with Gasteiger partial charge in [-0.2, -0.15) is 0 Å². The van der Waals surface area contributed by atoms with Gasteiger partial charge < -0.3 is 4.74 Å². The first kappa shape index (κ1) is 5.88. The van der Waals surface area contributed by atoms with E-state index in [1.54, 1.807) is 30.3 Å². The van der Waals surface area contributed by atoms with Gasteiger partial charge in [0.2, 0.25) is 5.88 Å². The molecule has 9 heavy (non-hydrogen) atoms. The lowest BCUT2D eigenvalue weighted by atomic mass is 10.7. The molecule has 0 fully saturated rings. The van der Waals surface area contributed by atoms with Crippen LogP contribution in [0.4, 0.5) is 0 Å². The SMILES string of the molecule is C=Cn1ccc(OC)n1. The maximum Gasteiger partial charge on any atom is 0.232 e. The van der Waals surface area contributed by atoms with Gasteiger partial charge in [-0.3, -0.25) is 0 Å². The standard InChI is InChI=1S/C6H8N2O/c1-3-8-5-4-6(7-8)9-2/h3-5H,1H2,2H3. The highest BCUT2D eigenvalue weighted by atomic mass is 16.5. The minimum absolute atomic E-state index is 0.606. The second-order valence-corrected chi connectivity index (χ2v) is 1.52. The molecule has 0 unspecified atom stereocenters. The van der Waals surface area contributed by atoms with Crippen molar-refractivity contribution in [3.8, 4) is 5.88 Å². The molecular weight excluding hydrogens is 116 g/mol. The molecule has 0 aliphatic rings. The molecule has 0 saturated heterocycles. The molecule has 0 bridgehead atoms. The van der Waals surface area contributed by atoms with E-state index in [-0.39, 0.29) is 0 Å². The fraction of sp³-hybridized carbons (Fsp3) is 0.167. The first-order valence-corrected chi connectivity index (χ1v) is 2.58. The van der Waals surface area contributed by atoms with Gasteiger partial charge in [0.15, 0.2) is 0 Å². The zero-order valence-electron chi connectivity index (χ0n) is 5.24. The highest BCUT2D eigenvalue weighted by molar-refractivity contribution is 5.18. The Kier molecular flexibility index (Phi) is 1.53. The number of rotatable bonds is 2. The summed E-state index contributed by atoms with van der Waals surface area (Å²) in [6.07, 6.45) is 3.37. The monoisotopic (exact) mass is 124 g/mol. The summed E-state index contributed by atoms with van der Waals surface area (Å²) in [6.45, 7) is 3.52. The van der Waals surface area contributed by atoms with Crippen molar-refractivity contribution in [2.45, 2.75) is 0 Å². The van der Waals surface area contributed by atoms with Crippen LogP contribution >= 0.6 is 0 Å². The lowest BCUT2D eigenvalue weighted by Gasteiger charge is -1.88. The minimum atomic E-state index is 0.606. The Labute approximate surface area is 53.6 Å². The second kappa shape index (κ2) is 2.35. The van der Waals surface area contributed by atoms with Crippen LogP contribution in [0.1, 0.15) is 0 Å². The van der Waals surface area contributed by atoms with E-state index in [1.807, 2.05) is 0 Å². The summed E-state index contributed by atoms with van der Waals surface area (Å²) in [4.78, 5) is 0. The summed E-state index contributed by atoms with van der Waals surface area (Å²) in [5.74, 6) is 0.606. The molecule has 0 aliphatic heterocycles. The number of aromatic nitrogens is 2. The maximum atomic E-state index is 4.82. The van der Waals surface area contributed by atoms with Gasteiger partial charge in [-0.05, 0) is 0 Å². The third kappa shape index (κ3) is 1.10. The van der Waals surface area contributed by atoms with Crippen LogP contribution < -0.4 is 4.74 Å². The molecule has 0 aromatic carbocycles. The Bertz CT molecular complexity index is 205. The van der Waals surface area contributed by atoms with Crippen molar-refractivity contribution < 1.29 is 4.74 Å². The van der Waals surface area contributed by atoms with Crippen LogP contribution in [0.15, 0.2) is 18.8 Å². The Morgan fingerprint density at radius 3 is 3.00 bits per heavy atom. The summed E-state index contributed by atoms with van der Waals surface area (Å²) >= 11 is 0. The molecule has 1 heterocycles. The Hall–Kier alpha value is -1.25. The van der Waals surface area contributed by atoms with E-state index in [1.165, 1.54) is 0 Å². The zero-order valence-corrected chi connectivity index (χ0v) is 5.24. The number of nitrogens with zero attached hydrogens (tertiary/aromatic N) is 2. The fourth-order valence-electron chi connectivity index (χ4n) is 0.531. The van der Waals surface area contributed by atoms with Crippen molar-refractivity contribution in [1.29, 1.82) is 0 Å². The first-order valence-electron chi connectivity index (χ1n) is 2.58. The molecule has 1 aromatic rings. The van der Waals surface area contributed by atoms with E-state index in [4.69, 9.17) is 4.74 Å². The van der Waals surface area contributed by atoms with Crippen molar-refractivity contribution >= 4 is 6.20 Å². The molecule has 0 radical (unpaired) electrons. The maximum absolute atomic E-state index is 4.82. The van der Waals surface area contributed by atoms with E-state index in [2.05, 4.69) is 11.7 Å². The molecule has 3 heteroatoms. The van der Waals surface area contributed by atoms with Crippen LogP contribution in [0.25, 0.3) is 6.20 Å². The third-order valence-corrected chi connectivity index (χ3v) is 0.980. The number of ether oxygens (including phenoxy) is 1. The van der Waals surface area contributed by atoms with E-state index >= 15 is 0 Å². The largest absolute Gasteiger partial charge is 0.480 e. The molecule has 48 valence electrons. The quantitative estimate of drug-likeness (QED) is 0.588. The Morgan fingerprint density at radius 2 is 2.67 bits per heavy atom. The molecule has 0 atom stereocenters. The van der Waals surface area contributed by atoms with Crippen LogP contribution in [0.2, 0.25) is 0 Å². The van der Waals surface area contributed by atoms with E-state index in [9.17, 15) is 0 Å². The van der Waals surface area contributed by atoms with Gasteiger partial charge in [0, 0.05) is 18.5 Å². The molecule has 0 spiro atoms. The Morgan fingerprint density at radius 1 is 1.89 bits per heavy atom. The van der Waals surface area contributed by atoms with Gasteiger partial charge in [-0.25, -0.2) is 4.68 Å². The lowest BCUT2D eigenvalue weighted by Crippen LogP contribution is -1.87. The zero-order chi connectivity index (χ0) is 6.69.